The fourth-order valence-electron chi connectivity index (χ4n) is 2.97. The summed E-state index contributed by atoms with van der Waals surface area (Å²) in [7, 11) is 0. The smallest absolute Gasteiger partial charge is 0.258 e. The number of carbonyl (C=O) groups is 1. The number of nitrogens with one attached hydrogen (secondary N) is 1. The minimum Gasteiger partial charge on any atom is -0.469 e. The zero-order chi connectivity index (χ0) is 20.2. The number of amides is 1. The highest BCUT2D eigenvalue weighted by Crippen LogP contribution is 2.23. The highest BCUT2D eigenvalue weighted by Gasteiger charge is 2.15. The lowest BCUT2D eigenvalue weighted by molar-refractivity contribution is 0.0939. The number of aromatic nitrogens is 2. The Morgan fingerprint density at radius 2 is 1.93 bits per heavy atom. The predicted octanol–water partition coefficient (Wildman–Crippen LogP) is 4.50. The molecule has 0 aliphatic carbocycles. The molecule has 1 N–H and O–H groups in total. The molecule has 0 saturated carbocycles. The first-order chi connectivity index (χ1) is 14.1. The maximum atomic E-state index is 13.4. The summed E-state index contributed by atoms with van der Waals surface area (Å²) in [6, 6.07) is 16.4. The van der Waals surface area contributed by atoms with Crippen LogP contribution >= 0.6 is 0 Å². The van der Waals surface area contributed by atoms with E-state index in [2.05, 4.69) is 15.5 Å². The van der Waals surface area contributed by atoms with E-state index in [-0.39, 0.29) is 29.5 Å². The number of rotatable bonds is 6. The summed E-state index contributed by atoms with van der Waals surface area (Å²) in [5, 5.41) is 6.85. The summed E-state index contributed by atoms with van der Waals surface area (Å²) in [5.74, 6) is 0.748. The van der Waals surface area contributed by atoms with Crippen LogP contribution in [-0.4, -0.2) is 22.1 Å². The van der Waals surface area contributed by atoms with E-state index in [4.69, 9.17) is 8.94 Å². The molecule has 0 fully saturated rings. The largest absolute Gasteiger partial charge is 0.469 e. The molecule has 0 saturated heterocycles. The monoisotopic (exact) mass is 391 g/mol. The summed E-state index contributed by atoms with van der Waals surface area (Å²) >= 11 is 0. The van der Waals surface area contributed by atoms with E-state index in [1.807, 2.05) is 19.1 Å². The molecule has 1 atom stereocenters. The second-order valence-electron chi connectivity index (χ2n) is 6.67. The molecule has 0 bridgehead atoms. The van der Waals surface area contributed by atoms with Crippen molar-refractivity contribution in [2.75, 3.05) is 0 Å². The topological polar surface area (TPSA) is 81.2 Å². The van der Waals surface area contributed by atoms with Crippen molar-refractivity contribution < 1.29 is 18.1 Å². The summed E-state index contributed by atoms with van der Waals surface area (Å²) in [5.41, 5.74) is 1.59. The Morgan fingerprint density at radius 1 is 1.10 bits per heavy atom. The predicted molar refractivity (Wildman–Crippen MR) is 104 cm³/mol. The van der Waals surface area contributed by atoms with Gasteiger partial charge in [-0.05, 0) is 49.4 Å². The zero-order valence-electron chi connectivity index (χ0n) is 15.6. The van der Waals surface area contributed by atoms with Crippen LogP contribution in [0.4, 0.5) is 4.39 Å². The lowest BCUT2D eigenvalue weighted by Gasteiger charge is -2.12. The highest BCUT2D eigenvalue weighted by molar-refractivity contribution is 5.95. The third-order valence-electron chi connectivity index (χ3n) is 4.35. The first-order valence-corrected chi connectivity index (χ1v) is 9.12. The van der Waals surface area contributed by atoms with Gasteiger partial charge < -0.3 is 14.3 Å². The Labute approximate surface area is 166 Å². The number of carbonyl (C=O) groups excluding carboxylic acids is 1. The van der Waals surface area contributed by atoms with Crippen LogP contribution in [0, 0.1) is 5.82 Å². The van der Waals surface area contributed by atoms with Crippen LogP contribution in [0.3, 0.4) is 0 Å². The van der Waals surface area contributed by atoms with Crippen LogP contribution in [0.15, 0.2) is 75.9 Å². The number of furan rings is 1. The molecule has 0 aliphatic heterocycles. The number of hydrogen-bond donors (Lipinski definition) is 1. The number of hydrogen-bond acceptors (Lipinski definition) is 5. The Kier molecular flexibility index (Phi) is 5.20. The maximum absolute atomic E-state index is 13.4. The second-order valence-corrected chi connectivity index (χ2v) is 6.67. The molecule has 0 aliphatic rings. The van der Waals surface area contributed by atoms with Crippen LogP contribution in [0.2, 0.25) is 0 Å². The van der Waals surface area contributed by atoms with Gasteiger partial charge in [0, 0.05) is 29.2 Å². The van der Waals surface area contributed by atoms with Gasteiger partial charge in [0.1, 0.15) is 11.6 Å². The fraction of sp³-hybridized carbons (Fsp3) is 0.136. The minimum absolute atomic E-state index is 0.0970. The molecule has 146 valence electrons. The van der Waals surface area contributed by atoms with E-state index in [1.54, 1.807) is 42.7 Å². The van der Waals surface area contributed by atoms with Crippen LogP contribution < -0.4 is 5.32 Å². The molecule has 0 radical (unpaired) electrons. The van der Waals surface area contributed by atoms with Crippen molar-refractivity contribution in [3.05, 3.63) is 84.1 Å². The molecule has 7 heteroatoms. The first kappa shape index (κ1) is 18.6. The Morgan fingerprint density at radius 3 is 2.72 bits per heavy atom. The number of nitrogens with zero attached hydrogens (tertiary/aromatic N) is 2. The molecular weight excluding hydrogens is 373 g/mol. The zero-order valence-corrected chi connectivity index (χ0v) is 15.6. The van der Waals surface area contributed by atoms with Gasteiger partial charge in [-0.1, -0.05) is 23.4 Å². The lowest BCUT2D eigenvalue weighted by atomic mass is 10.1. The van der Waals surface area contributed by atoms with Crippen LogP contribution in [0.1, 0.15) is 23.0 Å². The van der Waals surface area contributed by atoms with Crippen LogP contribution in [-0.2, 0) is 6.42 Å². The molecule has 4 aromatic rings. The van der Waals surface area contributed by atoms with Crippen molar-refractivity contribution >= 4 is 5.91 Å². The molecule has 6 nitrogen and oxygen atoms in total. The molecule has 1 unspecified atom stereocenters. The molecule has 29 heavy (non-hydrogen) atoms. The molecule has 2 aromatic heterocycles. The number of benzene rings is 2. The van der Waals surface area contributed by atoms with E-state index in [0.717, 1.165) is 5.76 Å². The SMILES string of the molecule is CC(Cc1ccco1)NC(=O)c1cccc(-c2nc(-c3cccc(F)c3)no2)c1. The lowest BCUT2D eigenvalue weighted by Crippen LogP contribution is -2.33. The van der Waals surface area contributed by atoms with Gasteiger partial charge in [-0.2, -0.15) is 4.98 Å². The van der Waals surface area contributed by atoms with Gasteiger partial charge in [-0.15, -0.1) is 0 Å². The maximum Gasteiger partial charge on any atom is 0.258 e. The van der Waals surface area contributed by atoms with Gasteiger partial charge in [0.25, 0.3) is 11.8 Å². The van der Waals surface area contributed by atoms with Gasteiger partial charge in [-0.3, -0.25) is 4.79 Å². The molecule has 1 amide bonds. The first-order valence-electron chi connectivity index (χ1n) is 9.12. The van der Waals surface area contributed by atoms with E-state index in [0.29, 0.717) is 23.1 Å². The Balaban J connectivity index is 1.49. The van der Waals surface area contributed by atoms with Gasteiger partial charge in [0.15, 0.2) is 0 Å². The molecule has 2 heterocycles. The minimum atomic E-state index is -0.379. The van der Waals surface area contributed by atoms with Gasteiger partial charge >= 0.3 is 0 Å². The van der Waals surface area contributed by atoms with Crippen molar-refractivity contribution in [2.45, 2.75) is 19.4 Å². The highest BCUT2D eigenvalue weighted by atomic mass is 19.1. The quantitative estimate of drug-likeness (QED) is 0.523. The summed E-state index contributed by atoms with van der Waals surface area (Å²) in [6.07, 6.45) is 2.20. The number of halogens is 1. The average molecular weight is 391 g/mol. The van der Waals surface area contributed by atoms with E-state index in [9.17, 15) is 9.18 Å². The van der Waals surface area contributed by atoms with Crippen LogP contribution in [0.25, 0.3) is 22.8 Å². The summed E-state index contributed by atoms with van der Waals surface area (Å²) in [6.45, 7) is 1.91. The van der Waals surface area contributed by atoms with Gasteiger partial charge in [0.05, 0.1) is 6.26 Å². The normalized spacial score (nSPS) is 11.9. The van der Waals surface area contributed by atoms with Gasteiger partial charge in [0.2, 0.25) is 5.82 Å². The Bertz CT molecular complexity index is 1120. The average Bonchev–Trinajstić information content (AvgIpc) is 3.40. The van der Waals surface area contributed by atoms with E-state index in [1.165, 1.54) is 12.1 Å². The van der Waals surface area contributed by atoms with Crippen molar-refractivity contribution in [1.82, 2.24) is 15.5 Å². The molecular formula is C22H18FN3O3. The van der Waals surface area contributed by atoms with Crippen LogP contribution in [0.5, 0.6) is 0 Å². The van der Waals surface area contributed by atoms with Crippen molar-refractivity contribution in [2.24, 2.45) is 0 Å². The van der Waals surface area contributed by atoms with Crippen molar-refractivity contribution in [3.63, 3.8) is 0 Å². The standard InChI is InChI=1S/C22H18FN3O3/c1-14(11-19-9-4-10-28-19)24-21(27)16-6-2-7-17(12-16)22-25-20(26-29-22)15-5-3-8-18(23)13-15/h2-10,12-14H,11H2,1H3,(H,24,27). The third-order valence-corrected chi connectivity index (χ3v) is 4.35. The molecule has 2 aromatic carbocycles. The Hall–Kier alpha value is -3.74. The second kappa shape index (κ2) is 8.10. The summed E-state index contributed by atoms with van der Waals surface area (Å²) < 4.78 is 24.0. The molecule has 0 spiro atoms. The third kappa shape index (κ3) is 4.40. The van der Waals surface area contributed by atoms with E-state index < -0.39 is 0 Å². The molecule has 4 rings (SSSR count). The van der Waals surface area contributed by atoms with Crippen molar-refractivity contribution in [1.29, 1.82) is 0 Å². The fourth-order valence-corrected chi connectivity index (χ4v) is 2.97. The van der Waals surface area contributed by atoms with Gasteiger partial charge in [-0.25, -0.2) is 4.39 Å². The van der Waals surface area contributed by atoms with E-state index >= 15 is 0 Å². The van der Waals surface area contributed by atoms with Crippen molar-refractivity contribution in [3.8, 4) is 22.8 Å². The summed E-state index contributed by atoms with van der Waals surface area (Å²) in [4.78, 5) is 16.9.